The van der Waals surface area contributed by atoms with E-state index >= 15 is 0 Å². The van der Waals surface area contributed by atoms with Crippen LogP contribution in [0.5, 0.6) is 11.8 Å². The van der Waals surface area contributed by atoms with Gasteiger partial charge in [-0.3, -0.25) is 0 Å². The molecular formula is C11H17Cl2N3O2. The summed E-state index contributed by atoms with van der Waals surface area (Å²) in [6.07, 6.45) is 0.753. The van der Waals surface area contributed by atoms with Crippen molar-refractivity contribution >= 4 is 29.2 Å². The second kappa shape index (κ2) is 6.85. The van der Waals surface area contributed by atoms with Crippen LogP contribution >= 0.6 is 23.2 Å². The van der Waals surface area contributed by atoms with Crippen LogP contribution in [0.2, 0.25) is 0 Å². The molecule has 0 atom stereocenters. The second-order valence-electron chi connectivity index (χ2n) is 3.80. The summed E-state index contributed by atoms with van der Waals surface area (Å²) in [5.41, 5.74) is -0.444. The summed E-state index contributed by atoms with van der Waals surface area (Å²) in [6, 6.07) is 1.60. The number of methoxy groups -OCH3 is 2. The van der Waals surface area contributed by atoms with Crippen LogP contribution in [-0.2, 0) is 0 Å². The van der Waals surface area contributed by atoms with Gasteiger partial charge in [0.15, 0.2) is 0 Å². The van der Waals surface area contributed by atoms with Crippen molar-refractivity contribution in [2.24, 2.45) is 0 Å². The molecule has 0 amide bonds. The van der Waals surface area contributed by atoms with Crippen LogP contribution < -0.4 is 14.8 Å². The number of ether oxygens (including phenoxy) is 2. The standard InChI is InChI=1S/C11H17Cl2N3O2/c1-4-11(6-12,7-13)16-10-14-8(17-2)5-9(15-10)18-3/h5H,4,6-7H2,1-3H3,(H,14,15,16). The van der Waals surface area contributed by atoms with Gasteiger partial charge in [-0.15, -0.1) is 23.2 Å². The lowest BCUT2D eigenvalue weighted by Crippen LogP contribution is -2.42. The first kappa shape index (κ1) is 15.1. The van der Waals surface area contributed by atoms with Crippen LogP contribution in [0.1, 0.15) is 13.3 Å². The van der Waals surface area contributed by atoms with Crippen molar-refractivity contribution in [1.82, 2.24) is 9.97 Å². The molecule has 102 valence electrons. The van der Waals surface area contributed by atoms with Gasteiger partial charge >= 0.3 is 0 Å². The lowest BCUT2D eigenvalue weighted by Gasteiger charge is -2.29. The highest BCUT2D eigenvalue weighted by Crippen LogP contribution is 2.23. The van der Waals surface area contributed by atoms with Gasteiger partial charge < -0.3 is 14.8 Å². The third kappa shape index (κ3) is 3.53. The first-order valence-corrected chi connectivity index (χ1v) is 6.57. The number of rotatable bonds is 7. The van der Waals surface area contributed by atoms with Crippen molar-refractivity contribution in [1.29, 1.82) is 0 Å². The normalized spacial score (nSPS) is 11.2. The maximum absolute atomic E-state index is 5.96. The highest BCUT2D eigenvalue weighted by Gasteiger charge is 2.27. The topological polar surface area (TPSA) is 56.3 Å². The molecule has 0 fully saturated rings. The van der Waals surface area contributed by atoms with Crippen molar-refractivity contribution in [2.45, 2.75) is 18.9 Å². The molecule has 1 heterocycles. The molecule has 0 aliphatic carbocycles. The molecule has 0 aliphatic heterocycles. The summed E-state index contributed by atoms with van der Waals surface area (Å²) in [5.74, 6) is 1.93. The maximum atomic E-state index is 5.96. The molecule has 0 radical (unpaired) electrons. The Morgan fingerprint density at radius 1 is 1.17 bits per heavy atom. The smallest absolute Gasteiger partial charge is 0.229 e. The largest absolute Gasteiger partial charge is 0.481 e. The fraction of sp³-hybridized carbons (Fsp3) is 0.636. The van der Waals surface area contributed by atoms with Crippen molar-refractivity contribution < 1.29 is 9.47 Å². The Balaban J connectivity index is 3.01. The molecule has 0 saturated heterocycles. The Morgan fingerprint density at radius 2 is 1.67 bits per heavy atom. The van der Waals surface area contributed by atoms with E-state index in [1.165, 1.54) is 14.2 Å². The Bertz CT molecular complexity index is 356. The van der Waals surface area contributed by atoms with Crippen LogP contribution in [0, 0.1) is 0 Å². The number of hydrogen-bond donors (Lipinski definition) is 1. The van der Waals surface area contributed by atoms with E-state index in [4.69, 9.17) is 32.7 Å². The highest BCUT2D eigenvalue weighted by molar-refractivity contribution is 6.22. The Hall–Kier alpha value is -0.940. The summed E-state index contributed by atoms with van der Waals surface area (Å²) in [5, 5.41) is 3.14. The number of hydrogen-bond acceptors (Lipinski definition) is 5. The molecule has 1 N–H and O–H groups in total. The zero-order chi connectivity index (χ0) is 13.6. The third-order valence-electron chi connectivity index (χ3n) is 2.66. The predicted octanol–water partition coefficient (Wildman–Crippen LogP) is 2.53. The minimum Gasteiger partial charge on any atom is -0.481 e. The number of aromatic nitrogens is 2. The van der Waals surface area contributed by atoms with Crippen molar-refractivity contribution in [3.8, 4) is 11.8 Å². The fourth-order valence-corrected chi connectivity index (χ4v) is 2.08. The van der Waals surface area contributed by atoms with E-state index in [9.17, 15) is 0 Å². The summed E-state index contributed by atoms with van der Waals surface area (Å²) < 4.78 is 10.2. The molecule has 0 aliphatic rings. The fourth-order valence-electron chi connectivity index (χ4n) is 1.29. The van der Waals surface area contributed by atoms with E-state index in [0.29, 0.717) is 29.5 Å². The second-order valence-corrected chi connectivity index (χ2v) is 4.34. The van der Waals surface area contributed by atoms with E-state index < -0.39 is 5.54 Å². The van der Waals surface area contributed by atoms with E-state index in [-0.39, 0.29) is 0 Å². The third-order valence-corrected chi connectivity index (χ3v) is 3.69. The van der Waals surface area contributed by atoms with Gasteiger partial charge in [-0.2, -0.15) is 9.97 Å². The van der Waals surface area contributed by atoms with Gasteiger partial charge in [0, 0.05) is 11.8 Å². The van der Waals surface area contributed by atoms with Crippen molar-refractivity contribution in [3.05, 3.63) is 6.07 Å². The lowest BCUT2D eigenvalue weighted by atomic mass is 10.0. The summed E-state index contributed by atoms with van der Waals surface area (Å²) in [7, 11) is 3.06. The van der Waals surface area contributed by atoms with E-state index in [1.54, 1.807) is 6.07 Å². The quantitative estimate of drug-likeness (QED) is 0.783. The molecule has 7 heteroatoms. The number of nitrogens with one attached hydrogen (secondary N) is 1. The Kier molecular flexibility index (Phi) is 5.75. The zero-order valence-corrected chi connectivity index (χ0v) is 12.2. The number of halogens is 2. The van der Waals surface area contributed by atoms with Gasteiger partial charge in [0.25, 0.3) is 0 Å². The van der Waals surface area contributed by atoms with E-state index in [1.807, 2.05) is 6.92 Å². The van der Waals surface area contributed by atoms with Gasteiger partial charge in [-0.05, 0) is 6.42 Å². The maximum Gasteiger partial charge on any atom is 0.229 e. The molecule has 0 saturated carbocycles. The molecule has 0 unspecified atom stereocenters. The molecule has 18 heavy (non-hydrogen) atoms. The first-order chi connectivity index (χ1) is 8.62. The summed E-state index contributed by atoms with van der Waals surface area (Å²) >= 11 is 11.9. The minimum atomic E-state index is -0.444. The van der Waals surface area contributed by atoms with Gasteiger partial charge in [0.1, 0.15) is 0 Å². The molecule has 0 aromatic carbocycles. The summed E-state index contributed by atoms with van der Waals surface area (Å²) in [6.45, 7) is 2.00. The minimum absolute atomic E-state index is 0.357. The van der Waals surface area contributed by atoms with Crippen molar-refractivity contribution in [2.75, 3.05) is 31.3 Å². The average Bonchev–Trinajstić information content (AvgIpc) is 2.44. The number of alkyl halides is 2. The Labute approximate surface area is 117 Å². The Morgan fingerprint density at radius 3 is 2.00 bits per heavy atom. The average molecular weight is 294 g/mol. The van der Waals surface area contributed by atoms with E-state index in [2.05, 4.69) is 15.3 Å². The zero-order valence-electron chi connectivity index (χ0n) is 10.7. The van der Waals surface area contributed by atoms with Crippen LogP contribution in [0.3, 0.4) is 0 Å². The first-order valence-electron chi connectivity index (χ1n) is 5.50. The SMILES string of the molecule is CCC(CCl)(CCl)Nc1nc(OC)cc(OC)n1. The molecule has 0 bridgehead atoms. The van der Waals surface area contributed by atoms with Crippen LogP contribution in [-0.4, -0.2) is 41.5 Å². The monoisotopic (exact) mass is 293 g/mol. The molecule has 0 spiro atoms. The van der Waals surface area contributed by atoms with Gasteiger partial charge in [-0.1, -0.05) is 6.92 Å². The van der Waals surface area contributed by atoms with Crippen molar-refractivity contribution in [3.63, 3.8) is 0 Å². The molecule has 1 rings (SSSR count). The molecule has 1 aromatic rings. The highest BCUT2D eigenvalue weighted by atomic mass is 35.5. The molecule has 5 nitrogen and oxygen atoms in total. The van der Waals surface area contributed by atoms with Crippen LogP contribution in [0.4, 0.5) is 5.95 Å². The molecular weight excluding hydrogens is 277 g/mol. The van der Waals surface area contributed by atoms with Gasteiger partial charge in [0.2, 0.25) is 17.7 Å². The predicted molar refractivity (Wildman–Crippen MR) is 73.2 cm³/mol. The van der Waals surface area contributed by atoms with E-state index in [0.717, 1.165) is 6.42 Å². The van der Waals surface area contributed by atoms with Crippen LogP contribution in [0.25, 0.3) is 0 Å². The number of anilines is 1. The molecule has 1 aromatic heterocycles. The van der Waals surface area contributed by atoms with Crippen LogP contribution in [0.15, 0.2) is 6.07 Å². The lowest BCUT2D eigenvalue weighted by molar-refractivity contribution is 0.372. The van der Waals surface area contributed by atoms with Gasteiger partial charge in [0.05, 0.1) is 25.8 Å². The van der Waals surface area contributed by atoms with Gasteiger partial charge in [-0.25, -0.2) is 0 Å². The summed E-state index contributed by atoms with van der Waals surface area (Å²) in [4.78, 5) is 8.37. The number of nitrogens with zero attached hydrogens (tertiary/aromatic N) is 2.